The number of carbonyl (C=O) groups excluding carboxylic acids is 1. The summed E-state index contributed by atoms with van der Waals surface area (Å²) in [6, 6.07) is 7.09. The highest BCUT2D eigenvalue weighted by Gasteiger charge is 2.30. The molecule has 1 aromatic heterocycles. The van der Waals surface area contributed by atoms with Gasteiger partial charge in [-0.2, -0.15) is 9.40 Å². The molecule has 1 amide bonds. The highest BCUT2D eigenvalue weighted by atomic mass is 32.2. The average molecular weight is 406 g/mol. The molecule has 0 aliphatic carbocycles. The third kappa shape index (κ3) is 4.59. The molecule has 0 N–H and O–H groups in total. The summed E-state index contributed by atoms with van der Waals surface area (Å²) in [7, 11) is -3.55. The average Bonchev–Trinajstić information content (AvgIpc) is 3.19. The molecule has 1 aliphatic heterocycles. The lowest BCUT2D eigenvalue weighted by molar-refractivity contribution is -0.132. The number of aryl methyl sites for hydroxylation is 1. The molecule has 0 spiro atoms. The number of benzene rings is 1. The normalized spacial score (nSPS) is 16.3. The van der Waals surface area contributed by atoms with E-state index >= 15 is 0 Å². The summed E-state index contributed by atoms with van der Waals surface area (Å²) in [5.41, 5.74) is 1.06. The van der Waals surface area contributed by atoms with Gasteiger partial charge >= 0.3 is 0 Å². The fourth-order valence-electron chi connectivity index (χ4n) is 3.17. The zero-order valence-corrected chi connectivity index (χ0v) is 17.4. The minimum absolute atomic E-state index is 0.00192. The number of nitrogens with zero attached hydrogens (tertiary/aromatic N) is 5. The largest absolute Gasteiger partial charge is 0.340 e. The van der Waals surface area contributed by atoms with Crippen LogP contribution in [-0.2, 0) is 26.8 Å². The van der Waals surface area contributed by atoms with E-state index in [1.54, 1.807) is 28.0 Å². The van der Waals surface area contributed by atoms with E-state index in [1.807, 2.05) is 12.1 Å². The minimum atomic E-state index is -3.55. The van der Waals surface area contributed by atoms with Gasteiger partial charge in [-0.05, 0) is 23.1 Å². The lowest BCUT2D eigenvalue weighted by Gasteiger charge is -2.34. The fourth-order valence-corrected chi connectivity index (χ4v) is 4.59. The van der Waals surface area contributed by atoms with Crippen molar-refractivity contribution in [2.24, 2.45) is 0 Å². The second-order valence-electron chi connectivity index (χ2n) is 7.97. The van der Waals surface area contributed by atoms with Crippen molar-refractivity contribution in [1.29, 1.82) is 0 Å². The Kier molecular flexibility index (Phi) is 5.85. The SMILES string of the molecule is CC(C)(C)c1ccc(S(=O)(=O)N2CCN(C(=O)CCn3cncn3)CC2)cc1. The van der Waals surface area contributed by atoms with E-state index in [4.69, 9.17) is 0 Å². The van der Waals surface area contributed by atoms with E-state index < -0.39 is 10.0 Å². The lowest BCUT2D eigenvalue weighted by atomic mass is 9.87. The molecule has 1 aromatic carbocycles. The van der Waals surface area contributed by atoms with Crippen molar-refractivity contribution in [3.8, 4) is 0 Å². The van der Waals surface area contributed by atoms with Crippen molar-refractivity contribution < 1.29 is 13.2 Å². The van der Waals surface area contributed by atoms with Gasteiger partial charge in [-0.3, -0.25) is 9.48 Å². The highest BCUT2D eigenvalue weighted by Crippen LogP contribution is 2.25. The Hall–Kier alpha value is -2.26. The highest BCUT2D eigenvalue weighted by molar-refractivity contribution is 7.89. The van der Waals surface area contributed by atoms with Crippen LogP contribution < -0.4 is 0 Å². The van der Waals surface area contributed by atoms with Crippen LogP contribution in [0.15, 0.2) is 41.8 Å². The second kappa shape index (κ2) is 8.00. The quantitative estimate of drug-likeness (QED) is 0.752. The van der Waals surface area contributed by atoms with Gasteiger partial charge in [0.05, 0.1) is 11.4 Å². The van der Waals surface area contributed by atoms with Gasteiger partial charge in [0.15, 0.2) is 0 Å². The van der Waals surface area contributed by atoms with Crippen LogP contribution in [0.4, 0.5) is 0 Å². The Morgan fingerprint density at radius 3 is 2.25 bits per heavy atom. The molecule has 0 radical (unpaired) electrons. The molecule has 28 heavy (non-hydrogen) atoms. The molecule has 1 fully saturated rings. The van der Waals surface area contributed by atoms with Crippen molar-refractivity contribution >= 4 is 15.9 Å². The van der Waals surface area contributed by atoms with Crippen LogP contribution >= 0.6 is 0 Å². The van der Waals surface area contributed by atoms with Gasteiger partial charge < -0.3 is 4.90 Å². The van der Waals surface area contributed by atoms with E-state index in [2.05, 4.69) is 30.9 Å². The topological polar surface area (TPSA) is 88.4 Å². The summed E-state index contributed by atoms with van der Waals surface area (Å²) in [5.74, 6) is 0.00192. The molecule has 0 atom stereocenters. The molecule has 2 heterocycles. The Bertz CT molecular complexity index is 894. The number of rotatable bonds is 5. The third-order valence-electron chi connectivity index (χ3n) is 4.97. The summed E-state index contributed by atoms with van der Waals surface area (Å²) in [6.07, 6.45) is 3.33. The van der Waals surface area contributed by atoms with E-state index in [0.717, 1.165) is 5.56 Å². The van der Waals surface area contributed by atoms with E-state index in [-0.39, 0.29) is 11.3 Å². The first-order chi connectivity index (χ1) is 13.2. The first-order valence-electron chi connectivity index (χ1n) is 9.39. The van der Waals surface area contributed by atoms with Crippen LogP contribution in [0.2, 0.25) is 0 Å². The molecule has 8 nitrogen and oxygen atoms in total. The molecule has 9 heteroatoms. The molecule has 0 bridgehead atoms. The number of carbonyl (C=O) groups is 1. The summed E-state index contributed by atoms with van der Waals surface area (Å²) in [4.78, 5) is 18.2. The van der Waals surface area contributed by atoms with Crippen LogP contribution in [-0.4, -0.2) is 64.5 Å². The molecule has 3 rings (SSSR count). The molecular weight excluding hydrogens is 378 g/mol. The van der Waals surface area contributed by atoms with Crippen LogP contribution in [0.1, 0.15) is 32.8 Å². The molecule has 0 saturated carbocycles. The van der Waals surface area contributed by atoms with Gasteiger partial charge in [-0.1, -0.05) is 32.9 Å². The lowest BCUT2D eigenvalue weighted by Crippen LogP contribution is -2.50. The number of hydrogen-bond acceptors (Lipinski definition) is 5. The van der Waals surface area contributed by atoms with E-state index in [9.17, 15) is 13.2 Å². The number of amides is 1. The van der Waals surface area contributed by atoms with E-state index in [1.165, 1.54) is 10.6 Å². The van der Waals surface area contributed by atoms with Gasteiger partial charge in [-0.15, -0.1) is 0 Å². The van der Waals surface area contributed by atoms with Crippen molar-refractivity contribution in [3.05, 3.63) is 42.5 Å². The third-order valence-corrected chi connectivity index (χ3v) is 6.88. The summed E-state index contributed by atoms with van der Waals surface area (Å²) in [6.45, 7) is 8.15. The minimum Gasteiger partial charge on any atom is -0.340 e. The van der Waals surface area contributed by atoms with Crippen molar-refractivity contribution in [2.45, 2.75) is 44.0 Å². The maximum absolute atomic E-state index is 12.9. The Morgan fingerprint density at radius 1 is 1.07 bits per heavy atom. The first kappa shape index (κ1) is 20.5. The predicted molar refractivity (Wildman–Crippen MR) is 105 cm³/mol. The van der Waals surface area contributed by atoms with Crippen molar-refractivity contribution in [3.63, 3.8) is 0 Å². The van der Waals surface area contributed by atoms with Gasteiger partial charge in [0, 0.05) is 32.6 Å². The van der Waals surface area contributed by atoms with Gasteiger partial charge in [-0.25, -0.2) is 13.4 Å². The fraction of sp³-hybridized carbons (Fsp3) is 0.526. The van der Waals surface area contributed by atoms with Gasteiger partial charge in [0.1, 0.15) is 12.7 Å². The second-order valence-corrected chi connectivity index (χ2v) is 9.91. The first-order valence-corrected chi connectivity index (χ1v) is 10.8. The van der Waals surface area contributed by atoms with E-state index in [0.29, 0.717) is 44.0 Å². The van der Waals surface area contributed by atoms with Crippen LogP contribution in [0.25, 0.3) is 0 Å². The number of sulfonamides is 1. The number of piperazine rings is 1. The maximum atomic E-state index is 12.9. The smallest absolute Gasteiger partial charge is 0.243 e. The summed E-state index contributed by atoms with van der Waals surface area (Å²) in [5, 5.41) is 3.98. The standard InChI is InChI=1S/C19H27N5O3S/c1-19(2,3)16-4-6-17(7-5-16)28(26,27)24-12-10-22(11-13-24)18(25)8-9-23-15-20-14-21-23/h4-7,14-15H,8-13H2,1-3H3. The molecule has 152 valence electrons. The molecule has 0 unspecified atom stereocenters. The molecule has 1 saturated heterocycles. The van der Waals surface area contributed by atoms with Crippen molar-refractivity contribution in [2.75, 3.05) is 26.2 Å². The molecular formula is C19H27N5O3S. The Labute approximate surface area is 166 Å². The van der Waals surface area contributed by atoms with Crippen LogP contribution in [0.3, 0.4) is 0 Å². The van der Waals surface area contributed by atoms with Crippen LogP contribution in [0, 0.1) is 0 Å². The zero-order valence-electron chi connectivity index (χ0n) is 16.6. The Balaban J connectivity index is 1.58. The maximum Gasteiger partial charge on any atom is 0.243 e. The Morgan fingerprint density at radius 2 is 1.71 bits per heavy atom. The molecule has 1 aliphatic rings. The number of aromatic nitrogens is 3. The number of hydrogen-bond donors (Lipinski definition) is 0. The zero-order chi connectivity index (χ0) is 20.4. The summed E-state index contributed by atoms with van der Waals surface area (Å²) < 4.78 is 28.9. The predicted octanol–water partition coefficient (Wildman–Crippen LogP) is 1.50. The van der Waals surface area contributed by atoms with Crippen LogP contribution in [0.5, 0.6) is 0 Å². The van der Waals surface area contributed by atoms with Gasteiger partial charge in [0.25, 0.3) is 0 Å². The summed E-state index contributed by atoms with van der Waals surface area (Å²) >= 11 is 0. The monoisotopic (exact) mass is 405 g/mol. The van der Waals surface area contributed by atoms with Gasteiger partial charge in [0.2, 0.25) is 15.9 Å². The molecule has 2 aromatic rings. The van der Waals surface area contributed by atoms with Crippen molar-refractivity contribution in [1.82, 2.24) is 24.0 Å².